The molecule has 276 valence electrons. The molecule has 3 N–H and O–H groups in total. The molecule has 2 heterocycles. The first-order valence-electron chi connectivity index (χ1n) is 16.4. The van der Waals surface area contributed by atoms with Crippen LogP contribution in [-0.4, -0.2) is 25.9 Å². The van der Waals surface area contributed by atoms with Crippen LogP contribution >= 0.6 is 0 Å². The van der Waals surface area contributed by atoms with Gasteiger partial charge in [-0.1, -0.05) is 52.0 Å². The molecule has 0 aliphatic carbocycles. The van der Waals surface area contributed by atoms with Gasteiger partial charge in [0.25, 0.3) is 11.1 Å². The Hall–Kier alpha value is -5.79. The molecular formula is C38H41F3N4O7. The molecule has 0 fully saturated rings. The molecule has 0 radical (unpaired) electrons. The Morgan fingerprint density at radius 3 is 1.60 bits per heavy atom. The molecule has 11 nitrogen and oxygen atoms in total. The molecule has 14 heteroatoms. The summed E-state index contributed by atoms with van der Waals surface area (Å²) in [6.07, 6.45) is -4.80. The Kier molecular flexibility index (Phi) is 12.0. The molecule has 3 aromatic carbocycles. The molecular weight excluding hydrogens is 681 g/mol. The van der Waals surface area contributed by atoms with Crippen LogP contribution in [0.15, 0.2) is 79.8 Å². The smallest absolute Gasteiger partial charge is 0.440 e. The molecule has 0 spiro atoms. The SMILES string of the molecule is Cc1cc(C)cc(Oc2[nH]c(=O)[nH]c(=O)c2C(C)C)c1.Cc1cc(C)cc(Oc2c(C(C)C)c(=O)[nH]c(=O)n2Cc2ccc(OC(F)(F)F)cc2)c1. The lowest BCUT2D eigenvalue weighted by Crippen LogP contribution is -2.34. The molecule has 52 heavy (non-hydrogen) atoms. The number of nitrogens with zero attached hydrogens (tertiary/aromatic N) is 1. The van der Waals surface area contributed by atoms with E-state index in [9.17, 15) is 32.3 Å². The first kappa shape index (κ1) is 39.0. The number of ether oxygens (including phenoxy) is 3. The topological polar surface area (TPSA) is 148 Å². The Bertz CT molecular complexity index is 2240. The zero-order valence-electron chi connectivity index (χ0n) is 30.1. The molecule has 0 amide bonds. The lowest BCUT2D eigenvalue weighted by molar-refractivity contribution is -0.274. The van der Waals surface area contributed by atoms with Crippen LogP contribution < -0.4 is 36.7 Å². The van der Waals surface area contributed by atoms with Gasteiger partial charge >= 0.3 is 17.7 Å². The summed E-state index contributed by atoms with van der Waals surface area (Å²) in [5.41, 5.74) is 3.04. The van der Waals surface area contributed by atoms with Gasteiger partial charge in [-0.2, -0.15) is 0 Å². The average molecular weight is 723 g/mol. The lowest BCUT2D eigenvalue weighted by atomic mass is 10.1. The van der Waals surface area contributed by atoms with Crippen molar-refractivity contribution in [1.29, 1.82) is 0 Å². The maximum atomic E-state index is 12.7. The van der Waals surface area contributed by atoms with Crippen LogP contribution in [0.3, 0.4) is 0 Å². The van der Waals surface area contributed by atoms with Crippen LogP contribution in [0.2, 0.25) is 0 Å². The van der Waals surface area contributed by atoms with E-state index in [1.165, 1.54) is 16.7 Å². The van der Waals surface area contributed by atoms with Crippen molar-refractivity contribution < 1.29 is 27.4 Å². The Balaban J connectivity index is 0.000000259. The number of hydrogen-bond acceptors (Lipinski definition) is 7. The minimum Gasteiger partial charge on any atom is -0.440 e. The minimum atomic E-state index is -4.80. The van der Waals surface area contributed by atoms with Crippen molar-refractivity contribution in [2.75, 3.05) is 0 Å². The van der Waals surface area contributed by atoms with Crippen molar-refractivity contribution in [2.45, 2.75) is 80.1 Å². The second kappa shape index (κ2) is 16.0. The van der Waals surface area contributed by atoms with E-state index in [1.54, 1.807) is 26.0 Å². The van der Waals surface area contributed by atoms with Crippen molar-refractivity contribution in [2.24, 2.45) is 0 Å². The number of aromatic amines is 3. The standard InChI is InChI=1S/C23H23F3N2O4.C15H18N2O3/c1-13(2)19-20(29)27-22(30)28(21(19)31-18-10-14(3)9-15(4)11-18)12-16-5-7-17(8-6-16)32-23(24,25)26;1-8(2)12-13(18)16-15(19)17-14(12)20-11-6-9(3)5-10(4)7-11/h5-11,13H,12H2,1-4H3,(H,27,29,30);5-8H,1-4H3,(H2,16,17,18,19). The van der Waals surface area contributed by atoms with Crippen molar-refractivity contribution in [3.63, 3.8) is 0 Å². The summed E-state index contributed by atoms with van der Waals surface area (Å²) in [5, 5.41) is 0. The Morgan fingerprint density at radius 2 is 1.12 bits per heavy atom. The second-order valence-electron chi connectivity index (χ2n) is 13.1. The largest absolute Gasteiger partial charge is 0.573 e. The van der Waals surface area contributed by atoms with Crippen LogP contribution in [0.4, 0.5) is 13.2 Å². The van der Waals surface area contributed by atoms with Gasteiger partial charge in [0, 0.05) is 0 Å². The highest BCUT2D eigenvalue weighted by Crippen LogP contribution is 2.30. The Morgan fingerprint density at radius 1 is 0.635 bits per heavy atom. The maximum absolute atomic E-state index is 12.7. The third kappa shape index (κ3) is 10.4. The fourth-order valence-electron chi connectivity index (χ4n) is 5.60. The molecule has 0 aliphatic heterocycles. The van der Waals surface area contributed by atoms with Gasteiger partial charge < -0.3 is 14.2 Å². The molecule has 0 aliphatic rings. The highest BCUT2D eigenvalue weighted by Gasteiger charge is 2.31. The third-order valence-corrected chi connectivity index (χ3v) is 7.61. The molecule has 0 saturated heterocycles. The van der Waals surface area contributed by atoms with Crippen molar-refractivity contribution in [3.05, 3.63) is 141 Å². The van der Waals surface area contributed by atoms with Gasteiger partial charge in [-0.05, 0) is 104 Å². The normalized spacial score (nSPS) is 11.3. The molecule has 0 bridgehead atoms. The fourth-order valence-corrected chi connectivity index (χ4v) is 5.60. The third-order valence-electron chi connectivity index (χ3n) is 7.61. The molecule has 0 unspecified atom stereocenters. The zero-order valence-corrected chi connectivity index (χ0v) is 30.1. The van der Waals surface area contributed by atoms with Gasteiger partial charge in [0.2, 0.25) is 11.8 Å². The maximum Gasteiger partial charge on any atom is 0.573 e. The molecule has 5 rings (SSSR count). The quantitative estimate of drug-likeness (QED) is 0.142. The van der Waals surface area contributed by atoms with Gasteiger partial charge in [-0.3, -0.25) is 29.1 Å². The number of H-pyrrole nitrogens is 3. The van der Waals surface area contributed by atoms with E-state index in [2.05, 4.69) is 19.7 Å². The van der Waals surface area contributed by atoms with E-state index >= 15 is 0 Å². The van der Waals surface area contributed by atoms with Crippen LogP contribution in [-0.2, 0) is 6.54 Å². The Labute approximate surface area is 297 Å². The van der Waals surface area contributed by atoms with Crippen molar-refractivity contribution in [3.8, 4) is 29.0 Å². The van der Waals surface area contributed by atoms with Gasteiger partial charge in [-0.25, -0.2) is 9.59 Å². The lowest BCUT2D eigenvalue weighted by Gasteiger charge is -2.19. The monoisotopic (exact) mass is 722 g/mol. The number of hydrogen-bond donors (Lipinski definition) is 3. The summed E-state index contributed by atoms with van der Waals surface area (Å²) in [4.78, 5) is 55.6. The summed E-state index contributed by atoms with van der Waals surface area (Å²) < 4.78 is 54.1. The van der Waals surface area contributed by atoms with E-state index in [1.807, 2.05) is 65.8 Å². The summed E-state index contributed by atoms with van der Waals surface area (Å²) in [6.45, 7) is 15.1. The predicted octanol–water partition coefficient (Wildman–Crippen LogP) is 7.61. The van der Waals surface area contributed by atoms with Gasteiger partial charge in [0.1, 0.15) is 17.2 Å². The van der Waals surface area contributed by atoms with Crippen molar-refractivity contribution >= 4 is 0 Å². The molecule has 0 atom stereocenters. The number of benzene rings is 3. The van der Waals surface area contributed by atoms with Crippen LogP contribution in [0.25, 0.3) is 0 Å². The highest BCUT2D eigenvalue weighted by molar-refractivity contribution is 5.39. The minimum absolute atomic E-state index is 0.0260. The van der Waals surface area contributed by atoms with Crippen LogP contribution in [0.1, 0.15) is 78.5 Å². The first-order valence-corrected chi connectivity index (χ1v) is 16.4. The van der Waals surface area contributed by atoms with E-state index in [0.29, 0.717) is 28.2 Å². The van der Waals surface area contributed by atoms with E-state index in [-0.39, 0.29) is 35.9 Å². The van der Waals surface area contributed by atoms with Gasteiger partial charge in [-0.15, -0.1) is 13.2 Å². The number of aromatic nitrogens is 4. The number of aryl methyl sites for hydroxylation is 4. The average Bonchev–Trinajstić information content (AvgIpc) is 2.97. The molecule has 0 saturated carbocycles. The molecule has 5 aromatic rings. The fraction of sp³-hybridized carbons (Fsp3) is 0.316. The van der Waals surface area contributed by atoms with Crippen LogP contribution in [0, 0.1) is 27.7 Å². The van der Waals surface area contributed by atoms with Crippen LogP contribution in [0.5, 0.6) is 29.0 Å². The number of rotatable bonds is 9. The van der Waals surface area contributed by atoms with Gasteiger partial charge in [0.15, 0.2) is 0 Å². The predicted molar refractivity (Wildman–Crippen MR) is 191 cm³/mol. The number of nitrogens with one attached hydrogen (secondary N) is 3. The second-order valence-corrected chi connectivity index (χ2v) is 13.1. The summed E-state index contributed by atoms with van der Waals surface area (Å²) >= 11 is 0. The summed E-state index contributed by atoms with van der Waals surface area (Å²) in [7, 11) is 0. The first-order chi connectivity index (χ1) is 24.3. The van der Waals surface area contributed by atoms with E-state index in [4.69, 9.17) is 9.47 Å². The number of alkyl halides is 3. The zero-order chi connectivity index (χ0) is 38.5. The van der Waals surface area contributed by atoms with Crippen molar-refractivity contribution in [1.82, 2.24) is 19.5 Å². The molecule has 2 aromatic heterocycles. The van der Waals surface area contributed by atoms with E-state index in [0.717, 1.165) is 34.4 Å². The highest BCUT2D eigenvalue weighted by atomic mass is 19.4. The number of halogens is 3. The summed E-state index contributed by atoms with van der Waals surface area (Å²) in [6, 6.07) is 16.4. The summed E-state index contributed by atoms with van der Waals surface area (Å²) in [5.74, 6) is 0.686. The van der Waals surface area contributed by atoms with E-state index < -0.39 is 28.9 Å². The van der Waals surface area contributed by atoms with Gasteiger partial charge in [0.05, 0.1) is 17.7 Å².